The van der Waals surface area contributed by atoms with Crippen molar-refractivity contribution in [3.05, 3.63) is 29.6 Å². The number of hydrogen-bond donors (Lipinski definition) is 2. The predicted molar refractivity (Wildman–Crippen MR) is 91.4 cm³/mol. The number of pyridine rings is 1. The maximum atomic E-state index is 11.9. The number of amides is 2. The van der Waals surface area contributed by atoms with Gasteiger partial charge in [-0.15, -0.1) is 0 Å². The molecule has 0 aliphatic heterocycles. The van der Waals surface area contributed by atoms with Crippen molar-refractivity contribution in [2.45, 2.75) is 39.8 Å². The molecule has 0 unspecified atom stereocenters. The molecule has 9 nitrogen and oxygen atoms in total. The molecule has 0 fully saturated rings. The summed E-state index contributed by atoms with van der Waals surface area (Å²) in [4.78, 5) is 50.6. The van der Waals surface area contributed by atoms with Crippen molar-refractivity contribution in [3.8, 4) is 0 Å². The molecule has 1 aromatic heterocycles. The molecule has 26 heavy (non-hydrogen) atoms. The minimum Gasteiger partial charge on any atom is -0.451 e. The van der Waals surface area contributed by atoms with Crippen molar-refractivity contribution < 1.29 is 28.7 Å². The van der Waals surface area contributed by atoms with Crippen molar-refractivity contribution >= 4 is 23.8 Å². The highest BCUT2D eigenvalue weighted by atomic mass is 16.5. The van der Waals surface area contributed by atoms with E-state index in [4.69, 9.17) is 9.47 Å². The smallest absolute Gasteiger partial charge is 0.357 e. The first-order valence-corrected chi connectivity index (χ1v) is 8.09. The van der Waals surface area contributed by atoms with Crippen LogP contribution < -0.4 is 10.6 Å². The monoisotopic (exact) mass is 365 g/mol. The van der Waals surface area contributed by atoms with Gasteiger partial charge in [0.15, 0.2) is 13.2 Å². The molecule has 142 valence electrons. The fraction of sp³-hybridized carbons (Fsp3) is 0.471. The second kappa shape index (κ2) is 10.1. The molecular weight excluding hydrogens is 342 g/mol. The molecule has 1 heterocycles. The zero-order valence-corrected chi connectivity index (χ0v) is 15.2. The van der Waals surface area contributed by atoms with Gasteiger partial charge in [-0.2, -0.15) is 0 Å². The molecule has 0 aliphatic carbocycles. The Hall–Kier alpha value is -2.97. The van der Waals surface area contributed by atoms with Crippen molar-refractivity contribution in [1.29, 1.82) is 0 Å². The van der Waals surface area contributed by atoms with Crippen LogP contribution in [0.5, 0.6) is 0 Å². The third-order valence-electron chi connectivity index (χ3n) is 2.74. The lowest BCUT2D eigenvalue weighted by molar-refractivity contribution is -0.125. The van der Waals surface area contributed by atoms with Crippen LogP contribution in [0, 0.1) is 0 Å². The van der Waals surface area contributed by atoms with Gasteiger partial charge in [-0.05, 0) is 39.8 Å². The van der Waals surface area contributed by atoms with Gasteiger partial charge in [0.1, 0.15) is 11.4 Å². The summed E-state index contributed by atoms with van der Waals surface area (Å²) in [7, 11) is 0. The molecule has 9 heteroatoms. The highest BCUT2D eigenvalue weighted by Gasteiger charge is 2.17. The third-order valence-corrected chi connectivity index (χ3v) is 2.74. The maximum Gasteiger partial charge on any atom is 0.357 e. The van der Waals surface area contributed by atoms with Crippen LogP contribution in [-0.4, -0.2) is 54.0 Å². The number of rotatable bonds is 8. The quantitative estimate of drug-likeness (QED) is 0.641. The molecule has 0 radical (unpaired) electrons. The normalized spacial score (nSPS) is 10.4. The van der Waals surface area contributed by atoms with E-state index in [1.165, 1.54) is 18.2 Å². The topological polar surface area (TPSA) is 124 Å². The van der Waals surface area contributed by atoms with Crippen LogP contribution in [0.2, 0.25) is 0 Å². The zero-order valence-electron chi connectivity index (χ0n) is 15.2. The van der Waals surface area contributed by atoms with Gasteiger partial charge in [0, 0.05) is 12.1 Å². The number of esters is 2. The van der Waals surface area contributed by atoms with Crippen LogP contribution in [0.15, 0.2) is 18.2 Å². The standard InChI is InChI=1S/C17H23N3O6/c1-10(2)18-14(21)8-25-16(23)12-6-5-7-13(20-12)17(24)26-9-15(22)19-11(3)4/h5-7,10-11H,8-9H2,1-4H3,(H,18,21)(H,19,22). The van der Waals surface area contributed by atoms with Gasteiger partial charge in [0.05, 0.1) is 0 Å². The Morgan fingerprint density at radius 2 is 1.23 bits per heavy atom. The molecule has 0 aliphatic rings. The van der Waals surface area contributed by atoms with Crippen LogP contribution in [0.3, 0.4) is 0 Å². The van der Waals surface area contributed by atoms with Crippen LogP contribution in [-0.2, 0) is 19.1 Å². The summed E-state index contributed by atoms with van der Waals surface area (Å²) in [6.45, 7) is 6.19. The Balaban J connectivity index is 2.60. The SMILES string of the molecule is CC(C)NC(=O)COC(=O)c1cccc(C(=O)OCC(=O)NC(C)C)n1. The van der Waals surface area contributed by atoms with Crippen molar-refractivity contribution in [3.63, 3.8) is 0 Å². The molecule has 1 rings (SSSR count). The lowest BCUT2D eigenvalue weighted by Crippen LogP contribution is -2.34. The fourth-order valence-corrected chi connectivity index (χ4v) is 1.80. The molecular formula is C17H23N3O6. The molecule has 0 bridgehead atoms. The van der Waals surface area contributed by atoms with Gasteiger partial charge in [-0.3, -0.25) is 9.59 Å². The Bertz CT molecular complexity index is 619. The largest absolute Gasteiger partial charge is 0.451 e. The predicted octanol–water partition coefficient (Wildman–Crippen LogP) is 0.444. The number of carbonyl (C=O) groups is 4. The van der Waals surface area contributed by atoms with Gasteiger partial charge in [0.2, 0.25) is 0 Å². The average molecular weight is 365 g/mol. The van der Waals surface area contributed by atoms with E-state index in [1.807, 2.05) is 0 Å². The molecule has 0 atom stereocenters. The van der Waals surface area contributed by atoms with Gasteiger partial charge in [-0.25, -0.2) is 14.6 Å². The van der Waals surface area contributed by atoms with Crippen LogP contribution in [0.25, 0.3) is 0 Å². The van der Waals surface area contributed by atoms with E-state index in [-0.39, 0.29) is 23.5 Å². The van der Waals surface area contributed by atoms with E-state index < -0.39 is 37.0 Å². The van der Waals surface area contributed by atoms with Crippen LogP contribution in [0.1, 0.15) is 48.7 Å². The second-order valence-electron chi connectivity index (χ2n) is 6.00. The maximum absolute atomic E-state index is 11.9. The van der Waals surface area contributed by atoms with E-state index in [9.17, 15) is 19.2 Å². The summed E-state index contributed by atoms with van der Waals surface area (Å²) in [6, 6.07) is 3.94. The van der Waals surface area contributed by atoms with Crippen molar-refractivity contribution in [2.75, 3.05) is 13.2 Å². The second-order valence-corrected chi connectivity index (χ2v) is 6.00. The van der Waals surface area contributed by atoms with Crippen molar-refractivity contribution in [1.82, 2.24) is 15.6 Å². The molecule has 0 aromatic carbocycles. The lowest BCUT2D eigenvalue weighted by Gasteiger charge is -2.09. The van der Waals surface area contributed by atoms with Gasteiger partial charge >= 0.3 is 11.9 Å². The Morgan fingerprint density at radius 3 is 1.58 bits per heavy atom. The molecule has 0 saturated heterocycles. The first-order chi connectivity index (χ1) is 12.2. The number of nitrogens with one attached hydrogen (secondary N) is 2. The summed E-state index contributed by atoms with van der Waals surface area (Å²) < 4.78 is 9.68. The summed E-state index contributed by atoms with van der Waals surface area (Å²) in [5.41, 5.74) is -0.299. The minimum absolute atomic E-state index is 0.0784. The summed E-state index contributed by atoms with van der Waals surface area (Å²) >= 11 is 0. The Kier molecular flexibility index (Phi) is 8.20. The van der Waals surface area contributed by atoms with Crippen LogP contribution >= 0.6 is 0 Å². The fourth-order valence-electron chi connectivity index (χ4n) is 1.80. The van der Waals surface area contributed by atoms with Gasteiger partial charge in [0.25, 0.3) is 11.8 Å². The van der Waals surface area contributed by atoms with Gasteiger partial charge < -0.3 is 20.1 Å². The molecule has 1 aromatic rings. The number of nitrogens with zero attached hydrogens (tertiary/aromatic N) is 1. The van der Waals surface area contributed by atoms with E-state index in [0.717, 1.165) is 0 Å². The average Bonchev–Trinajstić information content (AvgIpc) is 2.56. The molecule has 2 N–H and O–H groups in total. The number of aromatic nitrogens is 1. The summed E-state index contributed by atoms with van der Waals surface area (Å²) in [5, 5.41) is 5.14. The minimum atomic E-state index is -0.851. The number of ether oxygens (including phenoxy) is 2. The van der Waals surface area contributed by atoms with E-state index in [1.54, 1.807) is 27.7 Å². The van der Waals surface area contributed by atoms with Crippen molar-refractivity contribution in [2.24, 2.45) is 0 Å². The third kappa shape index (κ3) is 7.73. The molecule has 0 spiro atoms. The molecule has 2 amide bonds. The number of carbonyl (C=O) groups excluding carboxylic acids is 4. The summed E-state index contributed by atoms with van der Waals surface area (Å²) in [5.74, 6) is -2.59. The Labute approximate surface area is 151 Å². The Morgan fingerprint density at radius 1 is 0.846 bits per heavy atom. The van der Waals surface area contributed by atoms with Crippen LogP contribution in [0.4, 0.5) is 0 Å². The number of hydrogen-bond acceptors (Lipinski definition) is 7. The highest BCUT2D eigenvalue weighted by Crippen LogP contribution is 2.04. The first-order valence-electron chi connectivity index (χ1n) is 8.09. The summed E-state index contributed by atoms with van der Waals surface area (Å²) in [6.07, 6.45) is 0. The first kappa shape index (κ1) is 21.1. The van der Waals surface area contributed by atoms with E-state index >= 15 is 0 Å². The zero-order chi connectivity index (χ0) is 19.7. The lowest BCUT2D eigenvalue weighted by atomic mass is 10.3. The highest BCUT2D eigenvalue weighted by molar-refractivity contribution is 5.93. The van der Waals surface area contributed by atoms with E-state index in [2.05, 4.69) is 15.6 Å². The molecule has 0 saturated carbocycles. The van der Waals surface area contributed by atoms with E-state index in [0.29, 0.717) is 0 Å². The van der Waals surface area contributed by atoms with Gasteiger partial charge in [-0.1, -0.05) is 6.07 Å².